The molecular formula is C14H17ClFNO3. The monoisotopic (exact) mass is 301 g/mol. The Morgan fingerprint density at radius 3 is 2.60 bits per heavy atom. The van der Waals surface area contributed by atoms with E-state index in [-0.39, 0.29) is 29.5 Å². The molecule has 0 spiro atoms. The minimum absolute atomic E-state index is 0.0400. The highest BCUT2D eigenvalue weighted by atomic mass is 35.5. The second-order valence-electron chi connectivity index (χ2n) is 4.91. The van der Waals surface area contributed by atoms with Crippen molar-refractivity contribution in [3.63, 3.8) is 0 Å². The van der Waals surface area contributed by atoms with Gasteiger partial charge in [-0.3, -0.25) is 9.59 Å². The van der Waals surface area contributed by atoms with Gasteiger partial charge in [0.2, 0.25) is 0 Å². The lowest BCUT2D eigenvalue weighted by atomic mass is 10.1. The van der Waals surface area contributed by atoms with Crippen molar-refractivity contribution in [2.45, 2.75) is 20.3 Å². The lowest BCUT2D eigenvalue weighted by Crippen LogP contribution is -2.36. The summed E-state index contributed by atoms with van der Waals surface area (Å²) in [6.45, 7) is 4.20. The van der Waals surface area contributed by atoms with Crippen molar-refractivity contribution in [3.8, 4) is 0 Å². The number of carbonyl (C=O) groups excluding carboxylic acids is 1. The standard InChI is InChI=1S/C14H17ClFNO3/c1-9(2)8-17(6-5-13(18)19)14(20)11-7-10(15)3-4-12(11)16/h3-4,7,9H,5-6,8H2,1-2H3,(H,18,19). The fraction of sp³-hybridized carbons (Fsp3) is 0.429. The number of aliphatic carboxylic acids is 1. The predicted octanol–water partition coefficient (Wildman–Crippen LogP) is 3.05. The fourth-order valence-electron chi connectivity index (χ4n) is 1.78. The third kappa shape index (κ3) is 4.81. The van der Waals surface area contributed by atoms with Gasteiger partial charge in [0.25, 0.3) is 5.91 Å². The number of carbonyl (C=O) groups is 2. The van der Waals surface area contributed by atoms with Crippen molar-refractivity contribution < 1.29 is 19.1 Å². The van der Waals surface area contributed by atoms with Gasteiger partial charge in [-0.15, -0.1) is 0 Å². The van der Waals surface area contributed by atoms with Crippen LogP contribution in [0.3, 0.4) is 0 Å². The number of nitrogens with zero attached hydrogens (tertiary/aromatic N) is 1. The predicted molar refractivity (Wildman–Crippen MR) is 74.4 cm³/mol. The summed E-state index contributed by atoms with van der Waals surface area (Å²) in [4.78, 5) is 24.3. The van der Waals surface area contributed by atoms with Gasteiger partial charge in [0.15, 0.2) is 0 Å². The molecule has 0 aliphatic carbocycles. The van der Waals surface area contributed by atoms with Crippen molar-refractivity contribution in [2.24, 2.45) is 5.92 Å². The smallest absolute Gasteiger partial charge is 0.305 e. The zero-order chi connectivity index (χ0) is 15.3. The first kappa shape index (κ1) is 16.4. The molecule has 0 heterocycles. The molecule has 0 bridgehead atoms. The molecule has 20 heavy (non-hydrogen) atoms. The summed E-state index contributed by atoms with van der Waals surface area (Å²) in [7, 11) is 0. The molecule has 0 saturated carbocycles. The summed E-state index contributed by atoms with van der Waals surface area (Å²) in [5.74, 6) is -2.06. The van der Waals surface area contributed by atoms with Gasteiger partial charge in [-0.05, 0) is 24.1 Å². The van der Waals surface area contributed by atoms with Crippen LogP contribution in [-0.2, 0) is 4.79 Å². The van der Waals surface area contributed by atoms with E-state index in [1.54, 1.807) is 0 Å². The maximum atomic E-state index is 13.7. The zero-order valence-corrected chi connectivity index (χ0v) is 12.2. The van der Waals surface area contributed by atoms with E-state index in [2.05, 4.69) is 0 Å². The Labute approximate surface area is 122 Å². The number of benzene rings is 1. The Hall–Kier alpha value is -1.62. The van der Waals surface area contributed by atoms with E-state index in [0.29, 0.717) is 6.54 Å². The van der Waals surface area contributed by atoms with E-state index in [4.69, 9.17) is 16.7 Å². The van der Waals surface area contributed by atoms with Gasteiger partial charge in [0.05, 0.1) is 12.0 Å². The summed E-state index contributed by atoms with van der Waals surface area (Å²) in [6, 6.07) is 3.74. The van der Waals surface area contributed by atoms with Crippen molar-refractivity contribution in [1.82, 2.24) is 4.90 Å². The number of carboxylic acid groups (broad SMARTS) is 1. The maximum Gasteiger partial charge on any atom is 0.305 e. The minimum Gasteiger partial charge on any atom is -0.481 e. The third-order valence-electron chi connectivity index (χ3n) is 2.63. The molecule has 110 valence electrons. The van der Waals surface area contributed by atoms with Crippen LogP contribution >= 0.6 is 11.6 Å². The van der Waals surface area contributed by atoms with Gasteiger partial charge >= 0.3 is 5.97 Å². The largest absolute Gasteiger partial charge is 0.481 e. The minimum atomic E-state index is -1.00. The van der Waals surface area contributed by atoms with Crippen LogP contribution in [0.4, 0.5) is 4.39 Å². The van der Waals surface area contributed by atoms with Gasteiger partial charge in [-0.2, -0.15) is 0 Å². The summed E-state index contributed by atoms with van der Waals surface area (Å²) >= 11 is 5.77. The highest BCUT2D eigenvalue weighted by Crippen LogP contribution is 2.17. The van der Waals surface area contributed by atoms with Crippen LogP contribution in [0.5, 0.6) is 0 Å². The average molecular weight is 302 g/mol. The van der Waals surface area contributed by atoms with Gasteiger partial charge < -0.3 is 10.0 Å². The average Bonchev–Trinajstić information content (AvgIpc) is 2.36. The molecule has 1 N–H and O–H groups in total. The van der Waals surface area contributed by atoms with Crippen LogP contribution in [0, 0.1) is 11.7 Å². The molecule has 0 aromatic heterocycles. The number of carboxylic acids is 1. The van der Waals surface area contributed by atoms with Gasteiger partial charge in [-0.25, -0.2) is 4.39 Å². The lowest BCUT2D eigenvalue weighted by Gasteiger charge is -2.24. The molecule has 4 nitrogen and oxygen atoms in total. The Morgan fingerprint density at radius 2 is 2.05 bits per heavy atom. The SMILES string of the molecule is CC(C)CN(CCC(=O)O)C(=O)c1cc(Cl)ccc1F. The Balaban J connectivity index is 2.96. The number of hydrogen-bond acceptors (Lipinski definition) is 2. The molecule has 0 aliphatic heterocycles. The Morgan fingerprint density at radius 1 is 1.40 bits per heavy atom. The van der Waals surface area contributed by atoms with Gasteiger partial charge in [0, 0.05) is 18.1 Å². The number of rotatable bonds is 6. The molecule has 0 unspecified atom stereocenters. The van der Waals surface area contributed by atoms with Crippen molar-refractivity contribution >= 4 is 23.5 Å². The lowest BCUT2D eigenvalue weighted by molar-refractivity contribution is -0.137. The summed E-state index contributed by atoms with van der Waals surface area (Å²) in [6.07, 6.45) is -0.180. The molecule has 1 aromatic carbocycles. The number of amides is 1. The molecule has 1 rings (SSSR count). The first-order chi connectivity index (χ1) is 9.31. The topological polar surface area (TPSA) is 57.6 Å². The van der Waals surface area contributed by atoms with E-state index in [1.165, 1.54) is 17.0 Å². The second kappa shape index (κ2) is 7.24. The van der Waals surface area contributed by atoms with Crippen molar-refractivity contribution in [1.29, 1.82) is 0 Å². The zero-order valence-electron chi connectivity index (χ0n) is 11.4. The molecule has 0 atom stereocenters. The van der Waals surface area contributed by atoms with E-state index in [9.17, 15) is 14.0 Å². The molecule has 6 heteroatoms. The Kier molecular flexibility index (Phi) is 5.95. The van der Waals surface area contributed by atoms with Gasteiger partial charge in [0.1, 0.15) is 5.82 Å². The van der Waals surface area contributed by atoms with Crippen LogP contribution in [0.15, 0.2) is 18.2 Å². The number of halogens is 2. The quantitative estimate of drug-likeness (QED) is 0.878. The molecule has 0 fully saturated rings. The maximum absolute atomic E-state index is 13.7. The Bertz CT molecular complexity index is 505. The van der Waals surface area contributed by atoms with E-state index in [1.807, 2.05) is 13.8 Å². The van der Waals surface area contributed by atoms with E-state index in [0.717, 1.165) is 6.07 Å². The molecule has 0 aliphatic rings. The fourth-order valence-corrected chi connectivity index (χ4v) is 1.95. The van der Waals surface area contributed by atoms with Crippen LogP contribution < -0.4 is 0 Å². The second-order valence-corrected chi connectivity index (χ2v) is 5.35. The first-order valence-electron chi connectivity index (χ1n) is 6.27. The molecule has 0 radical (unpaired) electrons. The van der Waals surface area contributed by atoms with E-state index >= 15 is 0 Å². The summed E-state index contributed by atoms with van der Waals surface area (Å²) < 4.78 is 13.7. The summed E-state index contributed by atoms with van der Waals surface area (Å²) in [5.41, 5.74) is -0.136. The van der Waals surface area contributed by atoms with Gasteiger partial charge in [-0.1, -0.05) is 25.4 Å². The first-order valence-corrected chi connectivity index (χ1v) is 6.65. The summed E-state index contributed by atoms with van der Waals surface area (Å²) in [5, 5.41) is 8.98. The molecule has 1 aromatic rings. The van der Waals surface area contributed by atoms with Crippen LogP contribution in [0.25, 0.3) is 0 Å². The van der Waals surface area contributed by atoms with Crippen molar-refractivity contribution in [2.75, 3.05) is 13.1 Å². The van der Waals surface area contributed by atoms with Crippen LogP contribution in [0.1, 0.15) is 30.6 Å². The highest BCUT2D eigenvalue weighted by Gasteiger charge is 2.21. The van der Waals surface area contributed by atoms with Crippen LogP contribution in [-0.4, -0.2) is 35.0 Å². The van der Waals surface area contributed by atoms with E-state index < -0.39 is 17.7 Å². The van der Waals surface area contributed by atoms with Crippen LogP contribution in [0.2, 0.25) is 5.02 Å². The normalized spacial score (nSPS) is 10.7. The number of hydrogen-bond donors (Lipinski definition) is 1. The third-order valence-corrected chi connectivity index (χ3v) is 2.86. The molecular weight excluding hydrogens is 285 g/mol. The molecule has 0 saturated heterocycles. The van der Waals surface area contributed by atoms with Crippen molar-refractivity contribution in [3.05, 3.63) is 34.6 Å². The highest BCUT2D eigenvalue weighted by molar-refractivity contribution is 6.31. The molecule has 1 amide bonds.